The monoisotopic (exact) mass is 1390 g/mol. The van der Waals surface area contributed by atoms with Crippen LogP contribution in [0.15, 0.2) is 97.2 Å². The Morgan fingerprint density at radius 3 is 0.878 bits per heavy atom. The number of quaternary nitrogens is 1. The highest BCUT2D eigenvalue weighted by molar-refractivity contribution is 7.47. The van der Waals surface area contributed by atoms with Gasteiger partial charge in [-0.2, -0.15) is 0 Å². The van der Waals surface area contributed by atoms with E-state index in [4.69, 9.17) is 18.5 Å². The number of phosphoric acid groups is 1. The van der Waals surface area contributed by atoms with Crippen molar-refractivity contribution in [2.24, 2.45) is 0 Å². The number of ether oxygens (including phenoxy) is 2. The van der Waals surface area contributed by atoms with E-state index in [0.717, 1.165) is 83.5 Å². The number of likely N-dealkylation sites (N-methyl/N-ethyl adjacent to an activating group) is 1. The van der Waals surface area contributed by atoms with E-state index in [2.05, 4.69) is 111 Å². The van der Waals surface area contributed by atoms with Gasteiger partial charge in [-0.3, -0.25) is 18.6 Å². The minimum atomic E-state index is -4.40. The Labute approximate surface area is 608 Å². The molecule has 9 nitrogen and oxygen atoms in total. The molecule has 0 bridgehead atoms. The van der Waals surface area contributed by atoms with Crippen molar-refractivity contribution in [2.45, 2.75) is 405 Å². The summed E-state index contributed by atoms with van der Waals surface area (Å²) < 4.78 is 34.9. The number of hydrogen-bond acceptors (Lipinski definition) is 7. The molecule has 0 fully saturated rings. The van der Waals surface area contributed by atoms with E-state index in [1.165, 1.54) is 283 Å². The normalized spacial score (nSPS) is 13.5. The van der Waals surface area contributed by atoms with Gasteiger partial charge in [0.1, 0.15) is 19.8 Å². The topological polar surface area (TPSA) is 108 Å². The van der Waals surface area contributed by atoms with Gasteiger partial charge in [0.15, 0.2) is 6.10 Å². The number of nitrogens with zero attached hydrogens (tertiary/aromatic N) is 1. The summed E-state index contributed by atoms with van der Waals surface area (Å²) in [5.41, 5.74) is 0. The number of allylic oxidation sites excluding steroid dienone is 16. The molecule has 0 aromatic heterocycles. The molecule has 0 rings (SSSR count). The summed E-state index contributed by atoms with van der Waals surface area (Å²) in [6.07, 6.45) is 110. The zero-order chi connectivity index (χ0) is 71.1. The van der Waals surface area contributed by atoms with Gasteiger partial charge >= 0.3 is 19.8 Å². The van der Waals surface area contributed by atoms with Crippen LogP contribution in [-0.2, 0) is 32.7 Å². The summed E-state index contributed by atoms with van der Waals surface area (Å²) in [7, 11) is 1.49. The molecular formula is C88H161NO8P+. The fourth-order valence-electron chi connectivity index (χ4n) is 12.2. The Bertz CT molecular complexity index is 1980. The van der Waals surface area contributed by atoms with Crippen LogP contribution in [0.25, 0.3) is 0 Å². The van der Waals surface area contributed by atoms with E-state index in [9.17, 15) is 19.0 Å². The molecule has 570 valence electrons. The first-order chi connectivity index (χ1) is 48.0. The summed E-state index contributed by atoms with van der Waals surface area (Å²) in [4.78, 5) is 36.0. The highest BCUT2D eigenvalue weighted by atomic mass is 31.2. The predicted octanol–water partition coefficient (Wildman–Crippen LogP) is 28.2. The van der Waals surface area contributed by atoms with Gasteiger partial charge in [-0.1, -0.05) is 387 Å². The van der Waals surface area contributed by atoms with Gasteiger partial charge in [0.25, 0.3) is 0 Å². The van der Waals surface area contributed by atoms with E-state index in [-0.39, 0.29) is 25.6 Å². The number of carbonyl (C=O) groups excluding carboxylic acids is 2. The lowest BCUT2D eigenvalue weighted by molar-refractivity contribution is -0.870. The highest BCUT2D eigenvalue weighted by Gasteiger charge is 2.27. The summed E-state index contributed by atoms with van der Waals surface area (Å²) in [6, 6.07) is 0. The van der Waals surface area contributed by atoms with Crippen molar-refractivity contribution in [2.75, 3.05) is 47.5 Å². The van der Waals surface area contributed by atoms with Crippen molar-refractivity contribution in [3.05, 3.63) is 97.2 Å². The van der Waals surface area contributed by atoms with Crippen LogP contribution in [0.1, 0.15) is 399 Å². The molecule has 98 heavy (non-hydrogen) atoms. The maximum absolute atomic E-state index is 12.9. The van der Waals surface area contributed by atoms with Gasteiger partial charge in [-0.05, 0) is 96.3 Å². The van der Waals surface area contributed by atoms with E-state index in [1.54, 1.807) is 0 Å². The molecule has 0 aliphatic heterocycles. The van der Waals surface area contributed by atoms with Gasteiger partial charge in [0.2, 0.25) is 0 Å². The smallest absolute Gasteiger partial charge is 0.462 e. The highest BCUT2D eigenvalue weighted by Crippen LogP contribution is 2.43. The predicted molar refractivity (Wildman–Crippen MR) is 427 cm³/mol. The van der Waals surface area contributed by atoms with Gasteiger partial charge in [-0.25, -0.2) is 4.57 Å². The van der Waals surface area contributed by atoms with Crippen molar-refractivity contribution < 1.29 is 42.1 Å². The lowest BCUT2D eigenvalue weighted by atomic mass is 10.0. The van der Waals surface area contributed by atoms with E-state index in [1.807, 2.05) is 21.1 Å². The van der Waals surface area contributed by atoms with Crippen LogP contribution in [0, 0.1) is 0 Å². The molecular weight excluding hydrogens is 1230 g/mol. The van der Waals surface area contributed by atoms with Crippen LogP contribution in [0.5, 0.6) is 0 Å². The molecule has 0 aliphatic rings. The maximum atomic E-state index is 12.9. The number of rotatable bonds is 78. The van der Waals surface area contributed by atoms with Crippen molar-refractivity contribution in [1.82, 2.24) is 0 Å². The fraction of sp³-hybridized carbons (Fsp3) is 0.795. The number of esters is 2. The third kappa shape index (κ3) is 81.9. The Morgan fingerprint density at radius 2 is 0.582 bits per heavy atom. The van der Waals surface area contributed by atoms with Crippen molar-refractivity contribution >= 4 is 19.8 Å². The maximum Gasteiger partial charge on any atom is 0.472 e. The molecule has 10 heteroatoms. The molecule has 0 saturated heterocycles. The summed E-state index contributed by atoms with van der Waals surface area (Å²) >= 11 is 0. The van der Waals surface area contributed by atoms with Crippen LogP contribution >= 0.6 is 7.82 Å². The number of unbranched alkanes of at least 4 members (excludes halogenated alkanes) is 48. The van der Waals surface area contributed by atoms with Crippen molar-refractivity contribution in [1.29, 1.82) is 0 Å². The zero-order valence-corrected chi connectivity index (χ0v) is 66.2. The SMILES string of the molecule is CC/C=C\C/C=C\C/C=C\C/C=C\C/C=C\C/C=C\C/C=C\CCCCCCCCCCCCCCCC(=O)OC(COC(=O)CCCCCCCCCCCCCCCCCCCCCCCCCCCCC/C=C\CCCCCCCCCC)COP(=O)(O)OCC[N+](C)(C)C. The number of carbonyl (C=O) groups is 2. The minimum absolute atomic E-state index is 0.0304. The molecule has 2 atom stereocenters. The fourth-order valence-corrected chi connectivity index (χ4v) is 13.0. The molecule has 0 spiro atoms. The standard InChI is InChI=1S/C88H160NO8P/c1-6-8-10-12-14-16-18-20-22-24-26-28-30-32-34-36-38-40-42-43-44-45-47-48-50-52-54-56-58-60-62-64-66-68-70-72-74-76-78-80-87(90)94-84-86(85-96-98(92,93)95-83-82-89(3,4)5)97-88(91)81-79-77-75-73-71-69-67-65-63-61-59-57-55-53-51-49-46-41-39-37-35-33-31-29-27-25-23-21-19-17-15-13-11-9-7-2/h9,11,15,17,21,23-24,26-27,29,33,35,39,41,49,51,86H,6-8,10,12-14,16,18-20,22,25,28,30-32,34,36-38,40,42-48,50,52-85H2,1-5H3/p+1/b11-9-,17-15-,23-21-,26-24-,29-27-,35-33-,41-39-,51-49-. The molecule has 0 aliphatic carbocycles. The van der Waals surface area contributed by atoms with Crippen LogP contribution in [0.4, 0.5) is 0 Å². The van der Waals surface area contributed by atoms with E-state index >= 15 is 0 Å². The lowest BCUT2D eigenvalue weighted by Gasteiger charge is -2.24. The Hall–Kier alpha value is -3.07. The quantitative estimate of drug-likeness (QED) is 0.0211. The molecule has 0 aromatic carbocycles. The van der Waals surface area contributed by atoms with Gasteiger partial charge in [-0.15, -0.1) is 0 Å². The Morgan fingerprint density at radius 1 is 0.327 bits per heavy atom. The Balaban J connectivity index is 3.92. The van der Waals surface area contributed by atoms with Crippen LogP contribution in [0.3, 0.4) is 0 Å². The second kappa shape index (κ2) is 78.1. The molecule has 0 aromatic rings. The Kier molecular flexibility index (Phi) is 75.6. The molecule has 1 N–H and O–H groups in total. The second-order valence-electron chi connectivity index (χ2n) is 29.5. The van der Waals surface area contributed by atoms with Crippen LogP contribution in [-0.4, -0.2) is 74.9 Å². The average molecular weight is 1390 g/mol. The molecule has 0 saturated carbocycles. The van der Waals surface area contributed by atoms with Gasteiger partial charge < -0.3 is 18.9 Å². The zero-order valence-electron chi connectivity index (χ0n) is 65.3. The molecule has 0 amide bonds. The molecule has 0 radical (unpaired) electrons. The van der Waals surface area contributed by atoms with Gasteiger partial charge in [0.05, 0.1) is 27.7 Å². The molecule has 2 unspecified atom stereocenters. The first-order valence-electron chi connectivity index (χ1n) is 42.0. The second-order valence-corrected chi connectivity index (χ2v) is 30.9. The van der Waals surface area contributed by atoms with Crippen molar-refractivity contribution in [3.8, 4) is 0 Å². The van der Waals surface area contributed by atoms with Crippen molar-refractivity contribution in [3.63, 3.8) is 0 Å². The first-order valence-corrected chi connectivity index (χ1v) is 43.5. The minimum Gasteiger partial charge on any atom is -0.462 e. The summed E-state index contributed by atoms with van der Waals surface area (Å²) in [5.74, 6) is -0.783. The number of hydrogen-bond donors (Lipinski definition) is 1. The lowest BCUT2D eigenvalue weighted by Crippen LogP contribution is -2.37. The number of phosphoric ester groups is 1. The van der Waals surface area contributed by atoms with E-state index in [0.29, 0.717) is 23.9 Å². The third-order valence-electron chi connectivity index (χ3n) is 18.6. The van der Waals surface area contributed by atoms with Crippen LogP contribution in [0.2, 0.25) is 0 Å². The summed E-state index contributed by atoms with van der Waals surface area (Å²) in [6.45, 7) is 4.37. The van der Waals surface area contributed by atoms with Crippen LogP contribution < -0.4 is 0 Å². The summed E-state index contributed by atoms with van der Waals surface area (Å²) in [5, 5.41) is 0. The van der Waals surface area contributed by atoms with E-state index < -0.39 is 26.5 Å². The van der Waals surface area contributed by atoms with Gasteiger partial charge in [0, 0.05) is 12.8 Å². The average Bonchev–Trinajstić information content (AvgIpc) is 1.08. The first kappa shape index (κ1) is 94.9. The molecule has 0 heterocycles. The largest absolute Gasteiger partial charge is 0.472 e. The third-order valence-corrected chi connectivity index (χ3v) is 19.6.